The minimum Gasteiger partial charge on any atom is -0.303 e. The van der Waals surface area contributed by atoms with E-state index in [0.29, 0.717) is 0 Å². The van der Waals surface area contributed by atoms with Crippen molar-refractivity contribution in [2.45, 2.75) is 445 Å². The molecule has 0 aromatic rings. The summed E-state index contributed by atoms with van der Waals surface area (Å²) >= 11 is 0. The van der Waals surface area contributed by atoms with Crippen molar-refractivity contribution in [1.29, 1.82) is 0 Å². The van der Waals surface area contributed by atoms with Crippen LogP contribution in [-0.2, 0) is 0 Å². The van der Waals surface area contributed by atoms with Gasteiger partial charge >= 0.3 is 0 Å². The van der Waals surface area contributed by atoms with E-state index < -0.39 is 0 Å². The smallest absolute Gasteiger partial charge is 0.000655 e. The van der Waals surface area contributed by atoms with Crippen molar-refractivity contribution >= 4 is 0 Å². The van der Waals surface area contributed by atoms with Crippen molar-refractivity contribution in [2.24, 2.45) is 0 Å². The maximum absolute atomic E-state index is 2.94. The third-order valence-corrected chi connectivity index (χ3v) is 18.3. The van der Waals surface area contributed by atoms with Gasteiger partial charge in [0, 0.05) is 0 Å². The van der Waals surface area contributed by atoms with Gasteiger partial charge in [-0.3, -0.25) is 0 Å². The minimum atomic E-state index is 1.34. The van der Waals surface area contributed by atoms with Crippen LogP contribution in [0.25, 0.3) is 0 Å². The van der Waals surface area contributed by atoms with E-state index in [1.807, 2.05) is 0 Å². The molecule has 0 amide bonds. The average molecular weight is 1080 g/mol. The van der Waals surface area contributed by atoms with Crippen molar-refractivity contribution in [3.63, 3.8) is 0 Å². The van der Waals surface area contributed by atoms with Crippen LogP contribution in [-0.4, -0.2) is 49.1 Å². The average Bonchev–Trinajstić information content (AvgIpc) is 3.44. The molecule has 464 valence electrons. The van der Waals surface area contributed by atoms with Crippen LogP contribution in [0.5, 0.6) is 0 Å². The van der Waals surface area contributed by atoms with Crippen LogP contribution in [0.4, 0.5) is 0 Å². The lowest BCUT2D eigenvalue weighted by Crippen LogP contribution is -2.32. The van der Waals surface area contributed by atoms with Gasteiger partial charge in [-0.25, -0.2) is 0 Å². The molecule has 2 nitrogen and oxygen atoms in total. The highest BCUT2D eigenvalue weighted by atomic mass is 15.1. The van der Waals surface area contributed by atoms with Crippen LogP contribution < -0.4 is 0 Å². The lowest BCUT2D eigenvalue weighted by molar-refractivity contribution is 0.215. The summed E-state index contributed by atoms with van der Waals surface area (Å²) in [5.41, 5.74) is 0. The molecule has 0 N–H and O–H groups in total. The van der Waals surface area contributed by atoms with Gasteiger partial charge in [0.1, 0.15) is 0 Å². The van der Waals surface area contributed by atoms with Gasteiger partial charge in [0.2, 0.25) is 0 Å². The first kappa shape index (κ1) is 76.9. The third kappa shape index (κ3) is 68.3. The van der Waals surface area contributed by atoms with Crippen LogP contribution >= 0.6 is 0 Å². The number of nitrogens with zero attached hydrogens (tertiary/aromatic N) is 2. The Morgan fingerprint density at radius 3 is 0.312 bits per heavy atom. The first-order chi connectivity index (χ1) is 38.3. The molecular formula is C75H154N2. The highest BCUT2D eigenvalue weighted by Crippen LogP contribution is 2.19. The molecule has 0 heterocycles. The van der Waals surface area contributed by atoms with Gasteiger partial charge in [0.25, 0.3) is 0 Å². The second kappa shape index (κ2) is 72.0. The predicted molar refractivity (Wildman–Crippen MR) is 356 cm³/mol. The molecule has 0 rings (SSSR count). The molecule has 0 aliphatic rings. The molecule has 0 fully saturated rings. The fraction of sp³-hybridized carbons (Fsp3) is 1.00. The number of hydrogen-bond donors (Lipinski definition) is 0. The molecule has 2 heteroatoms. The molecule has 77 heavy (non-hydrogen) atoms. The van der Waals surface area contributed by atoms with Crippen molar-refractivity contribution < 1.29 is 0 Å². The fourth-order valence-electron chi connectivity index (χ4n) is 12.7. The first-order valence-corrected chi connectivity index (χ1v) is 37.7. The monoisotopic (exact) mass is 1080 g/mol. The Labute approximate surface area is 491 Å². The summed E-state index contributed by atoms with van der Waals surface area (Å²) in [5.74, 6) is 0. The molecule has 0 bridgehead atoms. The van der Waals surface area contributed by atoms with E-state index in [0.717, 1.165) is 0 Å². The highest BCUT2D eigenvalue weighted by molar-refractivity contribution is 4.66. The molecule has 0 aliphatic heterocycles. The lowest BCUT2D eigenvalue weighted by Gasteiger charge is -2.26. The number of unbranched alkanes of at least 4 members (excludes halogenated alkanes) is 60. The van der Waals surface area contributed by atoms with E-state index in [4.69, 9.17) is 0 Å². The van der Waals surface area contributed by atoms with Gasteiger partial charge in [-0.05, 0) is 71.4 Å². The van der Waals surface area contributed by atoms with Crippen molar-refractivity contribution in [3.05, 3.63) is 0 Å². The summed E-state index contributed by atoms with van der Waals surface area (Å²) in [5, 5.41) is 0. The second-order valence-electron chi connectivity index (χ2n) is 26.3. The van der Waals surface area contributed by atoms with E-state index in [-0.39, 0.29) is 0 Å². The standard InChI is InChI=1S/C75H154N2/c1-5-9-13-17-21-25-29-33-37-41-45-49-53-57-61-65-70-76(71-66-62-58-54-50-46-42-38-34-30-26-22-18-14-10-6-2)74-69-75-77(72-67-63-59-55-51-47-43-39-35-31-27-23-19-15-11-7-3)73-68-64-60-56-52-48-44-40-36-32-28-24-20-16-12-8-4/h5-75H2,1-4H3. The Morgan fingerprint density at radius 2 is 0.195 bits per heavy atom. The van der Waals surface area contributed by atoms with E-state index >= 15 is 0 Å². The van der Waals surface area contributed by atoms with Crippen LogP contribution in [0.1, 0.15) is 445 Å². The molecule has 0 spiro atoms. The van der Waals surface area contributed by atoms with Crippen LogP contribution in [0.15, 0.2) is 0 Å². The van der Waals surface area contributed by atoms with E-state index in [1.54, 1.807) is 0 Å². The van der Waals surface area contributed by atoms with Crippen LogP contribution in [0, 0.1) is 0 Å². The van der Waals surface area contributed by atoms with E-state index in [9.17, 15) is 0 Å². The highest BCUT2D eigenvalue weighted by Gasteiger charge is 2.10. The number of hydrogen-bond acceptors (Lipinski definition) is 2. The largest absolute Gasteiger partial charge is 0.303 e. The summed E-state index contributed by atoms with van der Waals surface area (Å²) < 4.78 is 0. The maximum Gasteiger partial charge on any atom is -0.000655 e. The molecule has 0 aromatic carbocycles. The fourth-order valence-corrected chi connectivity index (χ4v) is 12.7. The molecule has 0 unspecified atom stereocenters. The van der Waals surface area contributed by atoms with Crippen LogP contribution in [0.3, 0.4) is 0 Å². The molecular weight excluding hydrogens is 929 g/mol. The van der Waals surface area contributed by atoms with Gasteiger partial charge in [-0.15, -0.1) is 0 Å². The summed E-state index contributed by atoms with van der Waals surface area (Å²) in [7, 11) is 0. The topological polar surface area (TPSA) is 6.48 Å². The lowest BCUT2D eigenvalue weighted by atomic mass is 10.0. The third-order valence-electron chi connectivity index (χ3n) is 18.3. The summed E-state index contributed by atoms with van der Waals surface area (Å²) in [6, 6.07) is 0. The molecule has 0 saturated carbocycles. The predicted octanol–water partition coefficient (Wildman–Crippen LogP) is 27.0. The summed E-state index contributed by atoms with van der Waals surface area (Å²) in [6.45, 7) is 17.4. The Bertz CT molecular complexity index is 830. The Balaban J connectivity index is 4.79. The zero-order valence-corrected chi connectivity index (χ0v) is 55.1. The molecule has 0 radical (unpaired) electrons. The summed E-state index contributed by atoms with van der Waals surface area (Å²) in [4.78, 5) is 5.88. The second-order valence-corrected chi connectivity index (χ2v) is 26.3. The van der Waals surface area contributed by atoms with Gasteiger partial charge in [-0.1, -0.05) is 413 Å². The molecule has 0 aliphatic carbocycles. The summed E-state index contributed by atoms with van der Waals surface area (Å²) in [6.07, 6.45) is 95.2. The first-order valence-electron chi connectivity index (χ1n) is 37.7. The zero-order chi connectivity index (χ0) is 55.4. The molecule has 0 atom stereocenters. The van der Waals surface area contributed by atoms with E-state index in [2.05, 4.69) is 37.5 Å². The molecule has 0 aromatic heterocycles. The quantitative estimate of drug-likeness (QED) is 0.0560. The SMILES string of the molecule is CCCCCCCCCCCCCCCCCCN(CCCCCCCCCCCCCCCCCC)CCCN(CCCCCCCCCCCCCCCCCC)CCCCCCCCCCCCCCCCCC. The van der Waals surface area contributed by atoms with Gasteiger partial charge in [0.05, 0.1) is 0 Å². The minimum absolute atomic E-state index is 1.34. The van der Waals surface area contributed by atoms with Gasteiger partial charge in [0.15, 0.2) is 0 Å². The van der Waals surface area contributed by atoms with E-state index in [1.165, 1.54) is 457 Å². The van der Waals surface area contributed by atoms with Gasteiger partial charge in [-0.2, -0.15) is 0 Å². The molecule has 0 saturated heterocycles. The van der Waals surface area contributed by atoms with Crippen molar-refractivity contribution in [2.75, 3.05) is 39.3 Å². The van der Waals surface area contributed by atoms with Gasteiger partial charge < -0.3 is 9.80 Å². The number of rotatable bonds is 72. The van der Waals surface area contributed by atoms with Crippen LogP contribution in [0.2, 0.25) is 0 Å². The van der Waals surface area contributed by atoms with Crippen molar-refractivity contribution in [1.82, 2.24) is 9.80 Å². The normalized spacial score (nSPS) is 11.9. The van der Waals surface area contributed by atoms with Crippen molar-refractivity contribution in [3.8, 4) is 0 Å². The Morgan fingerprint density at radius 1 is 0.104 bits per heavy atom. The maximum atomic E-state index is 2.94. The Hall–Kier alpha value is -0.0800. The zero-order valence-electron chi connectivity index (χ0n) is 55.1. The Kier molecular flexibility index (Phi) is 71.9.